The molecule has 0 aromatic carbocycles. The molecule has 1 amide bonds. The monoisotopic (exact) mass is 273 g/mol. The molecular weight excluding hydrogens is 262 g/mol. The minimum Gasteiger partial charge on any atom is -0.467 e. The second-order valence-corrected chi connectivity index (χ2v) is 4.74. The van der Waals surface area contributed by atoms with Gasteiger partial charge in [0.1, 0.15) is 5.76 Å². The van der Waals surface area contributed by atoms with Crippen LogP contribution in [0.1, 0.15) is 11.5 Å². The van der Waals surface area contributed by atoms with Gasteiger partial charge in [-0.05, 0) is 18.2 Å². The van der Waals surface area contributed by atoms with E-state index in [1.807, 2.05) is 22.0 Å². The fourth-order valence-electron chi connectivity index (χ4n) is 1.68. The number of fused-ring (bicyclic) bond motifs is 1. The zero-order valence-electron chi connectivity index (χ0n) is 9.95. The van der Waals surface area contributed by atoms with Crippen LogP contribution in [-0.2, 0) is 11.3 Å². The fraction of sp³-hybridized carbons (Fsp3) is 0.0769. The van der Waals surface area contributed by atoms with Crippen LogP contribution in [-0.4, -0.2) is 15.3 Å². The molecule has 0 radical (unpaired) electrons. The van der Waals surface area contributed by atoms with Crippen molar-refractivity contribution >= 4 is 28.3 Å². The second-order valence-electron chi connectivity index (χ2n) is 3.87. The van der Waals surface area contributed by atoms with Crippen molar-refractivity contribution in [3.63, 3.8) is 0 Å². The number of carbonyl (C=O) groups is 1. The lowest BCUT2D eigenvalue weighted by molar-refractivity contribution is -0.116. The predicted octanol–water partition coefficient (Wildman–Crippen LogP) is 2.32. The highest BCUT2D eigenvalue weighted by atomic mass is 32.1. The quantitative estimate of drug-likeness (QED) is 0.742. The zero-order valence-corrected chi connectivity index (χ0v) is 10.8. The van der Waals surface area contributed by atoms with E-state index in [-0.39, 0.29) is 5.91 Å². The summed E-state index contributed by atoms with van der Waals surface area (Å²) < 4.78 is 7.06. The van der Waals surface area contributed by atoms with Gasteiger partial charge in [-0.25, -0.2) is 4.98 Å². The molecule has 0 saturated carbocycles. The highest BCUT2D eigenvalue weighted by molar-refractivity contribution is 7.15. The Balaban J connectivity index is 1.63. The minimum atomic E-state index is -0.165. The van der Waals surface area contributed by atoms with Crippen molar-refractivity contribution < 1.29 is 9.21 Å². The molecule has 0 saturated heterocycles. The van der Waals surface area contributed by atoms with E-state index < -0.39 is 0 Å². The predicted molar refractivity (Wildman–Crippen MR) is 72.7 cm³/mol. The van der Waals surface area contributed by atoms with E-state index in [0.717, 1.165) is 16.4 Å². The Kier molecular flexibility index (Phi) is 3.16. The van der Waals surface area contributed by atoms with Gasteiger partial charge in [-0.3, -0.25) is 9.20 Å². The SMILES string of the molecule is O=C(/C=C/c1cnc2sccn12)NCc1ccco1. The molecule has 6 heteroatoms. The first-order valence-corrected chi connectivity index (χ1v) is 6.60. The number of aromatic nitrogens is 2. The molecule has 0 atom stereocenters. The Morgan fingerprint density at radius 3 is 3.37 bits per heavy atom. The Morgan fingerprint density at radius 1 is 1.58 bits per heavy atom. The summed E-state index contributed by atoms with van der Waals surface area (Å²) in [4.78, 5) is 16.8. The van der Waals surface area contributed by atoms with Crippen LogP contribution in [0.2, 0.25) is 0 Å². The van der Waals surface area contributed by atoms with Crippen LogP contribution in [0.4, 0.5) is 0 Å². The lowest BCUT2D eigenvalue weighted by atomic mass is 10.3. The Hall–Kier alpha value is -2.34. The number of hydrogen-bond donors (Lipinski definition) is 1. The van der Waals surface area contributed by atoms with Gasteiger partial charge in [0.15, 0.2) is 4.96 Å². The molecular formula is C13H11N3O2S. The lowest BCUT2D eigenvalue weighted by Gasteiger charge is -1.98. The van der Waals surface area contributed by atoms with Crippen LogP contribution in [0.5, 0.6) is 0 Å². The number of nitrogens with one attached hydrogen (secondary N) is 1. The van der Waals surface area contributed by atoms with E-state index in [9.17, 15) is 4.79 Å². The summed E-state index contributed by atoms with van der Waals surface area (Å²) in [6, 6.07) is 3.60. The average molecular weight is 273 g/mol. The van der Waals surface area contributed by atoms with Crippen LogP contribution in [0.3, 0.4) is 0 Å². The molecule has 0 fully saturated rings. The van der Waals surface area contributed by atoms with Crippen LogP contribution in [0.15, 0.2) is 46.7 Å². The lowest BCUT2D eigenvalue weighted by Crippen LogP contribution is -2.19. The van der Waals surface area contributed by atoms with Gasteiger partial charge in [0.2, 0.25) is 5.91 Å². The average Bonchev–Trinajstić information content (AvgIpc) is 3.11. The van der Waals surface area contributed by atoms with Crippen molar-refractivity contribution in [1.29, 1.82) is 0 Å². The minimum absolute atomic E-state index is 0.165. The van der Waals surface area contributed by atoms with Crippen molar-refractivity contribution in [3.05, 3.63) is 53.7 Å². The summed E-state index contributed by atoms with van der Waals surface area (Å²) in [7, 11) is 0. The first-order valence-electron chi connectivity index (χ1n) is 5.72. The number of rotatable bonds is 4. The molecule has 0 spiro atoms. The van der Waals surface area contributed by atoms with Crippen LogP contribution in [0.25, 0.3) is 11.0 Å². The number of furan rings is 1. The number of thiazole rings is 1. The molecule has 3 aromatic heterocycles. The zero-order chi connectivity index (χ0) is 13.1. The van der Waals surface area contributed by atoms with E-state index in [1.165, 1.54) is 6.08 Å². The van der Waals surface area contributed by atoms with Crippen molar-refractivity contribution in [2.24, 2.45) is 0 Å². The first kappa shape index (κ1) is 11.7. The number of amides is 1. The van der Waals surface area contributed by atoms with Gasteiger partial charge < -0.3 is 9.73 Å². The number of imidazole rings is 1. The Labute approximate surface area is 113 Å². The van der Waals surface area contributed by atoms with E-state index >= 15 is 0 Å². The molecule has 3 rings (SSSR count). The third-order valence-electron chi connectivity index (χ3n) is 2.60. The molecule has 19 heavy (non-hydrogen) atoms. The maximum atomic E-state index is 11.6. The van der Waals surface area contributed by atoms with E-state index in [4.69, 9.17) is 4.42 Å². The third kappa shape index (κ3) is 2.58. The van der Waals surface area contributed by atoms with Crippen LogP contribution in [0, 0.1) is 0 Å². The number of hydrogen-bond acceptors (Lipinski definition) is 4. The maximum absolute atomic E-state index is 11.6. The van der Waals surface area contributed by atoms with Gasteiger partial charge in [0.05, 0.1) is 24.7 Å². The van der Waals surface area contributed by atoms with Gasteiger partial charge >= 0.3 is 0 Å². The number of carbonyl (C=O) groups excluding carboxylic acids is 1. The summed E-state index contributed by atoms with van der Waals surface area (Å²) in [5.74, 6) is 0.563. The smallest absolute Gasteiger partial charge is 0.244 e. The maximum Gasteiger partial charge on any atom is 0.244 e. The standard InChI is InChI=1S/C13H11N3O2S/c17-12(14-9-11-2-1-6-18-11)4-3-10-8-15-13-16(10)5-7-19-13/h1-8H,9H2,(H,14,17)/b4-3+. The summed E-state index contributed by atoms with van der Waals surface area (Å²) in [5.41, 5.74) is 0.879. The van der Waals surface area contributed by atoms with Crippen LogP contribution >= 0.6 is 11.3 Å². The molecule has 0 aliphatic carbocycles. The summed E-state index contributed by atoms with van der Waals surface area (Å²) in [5, 5.41) is 4.70. The molecule has 0 unspecified atom stereocenters. The number of nitrogens with zero attached hydrogens (tertiary/aromatic N) is 2. The summed E-state index contributed by atoms with van der Waals surface area (Å²) in [6.45, 7) is 0.385. The summed E-state index contributed by atoms with van der Waals surface area (Å²) >= 11 is 1.56. The highest BCUT2D eigenvalue weighted by Crippen LogP contribution is 2.13. The summed E-state index contributed by atoms with van der Waals surface area (Å²) in [6.07, 6.45) is 8.47. The molecule has 0 bridgehead atoms. The molecule has 5 nitrogen and oxygen atoms in total. The van der Waals surface area contributed by atoms with Crippen LogP contribution < -0.4 is 5.32 Å². The normalized spacial score (nSPS) is 11.4. The Bertz CT molecular complexity index is 709. The van der Waals surface area contributed by atoms with Gasteiger partial charge in [-0.1, -0.05) is 0 Å². The molecule has 0 aliphatic rings. The highest BCUT2D eigenvalue weighted by Gasteiger charge is 2.02. The second kappa shape index (κ2) is 5.11. The molecule has 3 aromatic rings. The first-order chi connectivity index (χ1) is 9.33. The Morgan fingerprint density at radius 2 is 2.53 bits per heavy atom. The third-order valence-corrected chi connectivity index (χ3v) is 3.37. The largest absolute Gasteiger partial charge is 0.467 e. The molecule has 3 heterocycles. The van der Waals surface area contributed by atoms with E-state index in [1.54, 1.807) is 35.9 Å². The fourth-order valence-corrected chi connectivity index (χ4v) is 2.37. The van der Waals surface area contributed by atoms with E-state index in [0.29, 0.717) is 6.54 Å². The topological polar surface area (TPSA) is 59.5 Å². The van der Waals surface area contributed by atoms with Gasteiger partial charge in [-0.2, -0.15) is 0 Å². The molecule has 1 N–H and O–H groups in total. The molecule has 0 aliphatic heterocycles. The van der Waals surface area contributed by atoms with Crippen molar-refractivity contribution in [2.75, 3.05) is 0 Å². The van der Waals surface area contributed by atoms with Gasteiger partial charge in [-0.15, -0.1) is 11.3 Å². The van der Waals surface area contributed by atoms with Gasteiger partial charge in [0, 0.05) is 17.7 Å². The van der Waals surface area contributed by atoms with Gasteiger partial charge in [0.25, 0.3) is 0 Å². The van der Waals surface area contributed by atoms with Crippen molar-refractivity contribution in [2.45, 2.75) is 6.54 Å². The van der Waals surface area contributed by atoms with E-state index in [2.05, 4.69) is 10.3 Å². The molecule has 96 valence electrons. The van der Waals surface area contributed by atoms with Crippen molar-refractivity contribution in [1.82, 2.24) is 14.7 Å². The van der Waals surface area contributed by atoms with Crippen molar-refractivity contribution in [3.8, 4) is 0 Å².